The Balaban J connectivity index is 0.00000156. The standard InChI is InChI=1S/C18H23N3OS.2ClH/c1-13-16(4-5-17(21-13)15-7-10-23-12-15)18(22)20-9-6-14-3-2-8-19-11-14;;/h4-5,7,10,12,14,19H,2-3,6,8-9,11H2,1H3,(H,20,22);2*1H. The monoisotopic (exact) mass is 401 g/mol. The molecule has 1 fully saturated rings. The van der Waals surface area contributed by atoms with E-state index in [4.69, 9.17) is 0 Å². The van der Waals surface area contributed by atoms with Crippen LogP contribution in [-0.2, 0) is 0 Å². The van der Waals surface area contributed by atoms with Crippen molar-refractivity contribution in [3.8, 4) is 11.3 Å². The van der Waals surface area contributed by atoms with Gasteiger partial charge in [0.15, 0.2) is 0 Å². The molecule has 1 unspecified atom stereocenters. The summed E-state index contributed by atoms with van der Waals surface area (Å²) in [6.45, 7) is 4.84. The summed E-state index contributed by atoms with van der Waals surface area (Å²) in [6, 6.07) is 5.85. The van der Waals surface area contributed by atoms with Crippen LogP contribution in [0.25, 0.3) is 11.3 Å². The van der Waals surface area contributed by atoms with Crippen LogP contribution >= 0.6 is 36.2 Å². The molecule has 1 aliphatic rings. The molecule has 7 heteroatoms. The summed E-state index contributed by atoms with van der Waals surface area (Å²) in [4.78, 5) is 16.9. The number of pyridine rings is 1. The first-order valence-electron chi connectivity index (χ1n) is 8.23. The molecule has 0 aliphatic carbocycles. The van der Waals surface area contributed by atoms with Crippen LogP contribution in [0.1, 0.15) is 35.3 Å². The first-order valence-corrected chi connectivity index (χ1v) is 9.17. The van der Waals surface area contributed by atoms with E-state index >= 15 is 0 Å². The van der Waals surface area contributed by atoms with E-state index in [1.54, 1.807) is 11.3 Å². The Bertz CT molecular complexity index is 658. The van der Waals surface area contributed by atoms with E-state index in [1.807, 2.05) is 30.5 Å². The Hall–Kier alpha value is -1.14. The summed E-state index contributed by atoms with van der Waals surface area (Å²) in [7, 11) is 0. The summed E-state index contributed by atoms with van der Waals surface area (Å²) in [5.74, 6) is 0.667. The number of nitrogens with one attached hydrogen (secondary N) is 2. The predicted molar refractivity (Wildman–Crippen MR) is 109 cm³/mol. The second-order valence-corrected chi connectivity index (χ2v) is 6.88. The third-order valence-electron chi connectivity index (χ3n) is 4.38. The number of rotatable bonds is 5. The third-order valence-corrected chi connectivity index (χ3v) is 5.07. The second-order valence-electron chi connectivity index (χ2n) is 6.10. The number of thiophene rings is 1. The van der Waals surface area contributed by atoms with Gasteiger partial charge in [0, 0.05) is 17.5 Å². The second kappa shape index (κ2) is 10.8. The Morgan fingerprint density at radius 1 is 1.36 bits per heavy atom. The van der Waals surface area contributed by atoms with Gasteiger partial charge < -0.3 is 10.6 Å². The molecule has 3 rings (SSSR count). The summed E-state index contributed by atoms with van der Waals surface area (Å²) < 4.78 is 0. The van der Waals surface area contributed by atoms with Crippen molar-refractivity contribution in [3.05, 3.63) is 40.2 Å². The van der Waals surface area contributed by atoms with Crippen molar-refractivity contribution in [1.82, 2.24) is 15.6 Å². The maximum atomic E-state index is 12.3. The number of aromatic nitrogens is 1. The lowest BCUT2D eigenvalue weighted by Gasteiger charge is -2.22. The van der Waals surface area contributed by atoms with Crippen molar-refractivity contribution in [3.63, 3.8) is 0 Å². The third kappa shape index (κ3) is 5.96. The molecule has 0 aromatic carbocycles. The van der Waals surface area contributed by atoms with Gasteiger partial charge in [-0.05, 0) is 68.8 Å². The molecule has 0 saturated carbocycles. The molecule has 2 N–H and O–H groups in total. The van der Waals surface area contributed by atoms with Gasteiger partial charge in [-0.25, -0.2) is 0 Å². The Labute approximate surface area is 165 Å². The minimum atomic E-state index is -0.0179. The van der Waals surface area contributed by atoms with Gasteiger partial charge in [0.1, 0.15) is 0 Å². The molecule has 0 bridgehead atoms. The van der Waals surface area contributed by atoms with Crippen LogP contribution in [0.2, 0.25) is 0 Å². The SMILES string of the molecule is Cc1nc(-c2ccsc2)ccc1C(=O)NCCC1CCCNC1.Cl.Cl. The summed E-state index contributed by atoms with van der Waals surface area (Å²) in [5.41, 5.74) is 3.49. The molecule has 0 spiro atoms. The fourth-order valence-corrected chi connectivity index (χ4v) is 3.68. The van der Waals surface area contributed by atoms with E-state index in [9.17, 15) is 4.79 Å². The highest BCUT2D eigenvalue weighted by molar-refractivity contribution is 7.08. The molecular formula is C18H25Cl2N3OS. The van der Waals surface area contributed by atoms with Gasteiger partial charge in [0.05, 0.1) is 17.0 Å². The van der Waals surface area contributed by atoms with Crippen LogP contribution in [0.3, 0.4) is 0 Å². The first kappa shape index (κ1) is 21.9. The Kier molecular flexibility index (Phi) is 9.43. The van der Waals surface area contributed by atoms with E-state index in [2.05, 4.69) is 21.0 Å². The number of carbonyl (C=O) groups is 1. The molecule has 3 heterocycles. The van der Waals surface area contributed by atoms with Crippen LogP contribution in [0, 0.1) is 12.8 Å². The zero-order valence-corrected chi connectivity index (χ0v) is 16.7. The highest BCUT2D eigenvalue weighted by Crippen LogP contribution is 2.21. The number of carbonyl (C=O) groups excluding carboxylic acids is 1. The summed E-state index contributed by atoms with van der Waals surface area (Å²) in [6.07, 6.45) is 3.54. The average molecular weight is 402 g/mol. The lowest BCUT2D eigenvalue weighted by atomic mass is 9.96. The predicted octanol–water partition coefficient (Wildman–Crippen LogP) is 4.08. The number of hydrogen-bond donors (Lipinski definition) is 2. The zero-order valence-electron chi connectivity index (χ0n) is 14.3. The normalized spacial score (nSPS) is 16.4. The van der Waals surface area contributed by atoms with Crippen molar-refractivity contribution in [2.24, 2.45) is 5.92 Å². The molecule has 4 nitrogen and oxygen atoms in total. The number of aryl methyl sites for hydroxylation is 1. The molecule has 2 aromatic heterocycles. The molecule has 1 amide bonds. The molecule has 1 saturated heterocycles. The van der Waals surface area contributed by atoms with E-state index in [0.29, 0.717) is 11.5 Å². The maximum Gasteiger partial charge on any atom is 0.253 e. The molecule has 1 atom stereocenters. The number of piperidine rings is 1. The quantitative estimate of drug-likeness (QED) is 0.793. The van der Waals surface area contributed by atoms with E-state index in [0.717, 1.165) is 43.0 Å². The Morgan fingerprint density at radius 3 is 2.84 bits per heavy atom. The van der Waals surface area contributed by atoms with Crippen molar-refractivity contribution in [1.29, 1.82) is 0 Å². The fraction of sp³-hybridized carbons (Fsp3) is 0.444. The van der Waals surface area contributed by atoms with Gasteiger partial charge in [-0.1, -0.05) is 0 Å². The van der Waals surface area contributed by atoms with Crippen LogP contribution in [-0.4, -0.2) is 30.5 Å². The number of halogens is 2. The summed E-state index contributed by atoms with van der Waals surface area (Å²) >= 11 is 1.65. The maximum absolute atomic E-state index is 12.3. The fourth-order valence-electron chi connectivity index (χ4n) is 3.03. The van der Waals surface area contributed by atoms with Gasteiger partial charge in [-0.2, -0.15) is 11.3 Å². The molecule has 25 heavy (non-hydrogen) atoms. The topological polar surface area (TPSA) is 54.0 Å². The first-order chi connectivity index (χ1) is 11.2. The van der Waals surface area contributed by atoms with Crippen molar-refractivity contribution in [2.75, 3.05) is 19.6 Å². The van der Waals surface area contributed by atoms with Crippen LogP contribution in [0.4, 0.5) is 0 Å². The molecule has 2 aromatic rings. The smallest absolute Gasteiger partial charge is 0.253 e. The lowest BCUT2D eigenvalue weighted by molar-refractivity contribution is 0.0949. The van der Waals surface area contributed by atoms with Crippen LogP contribution in [0.5, 0.6) is 0 Å². The molecule has 0 radical (unpaired) electrons. The van der Waals surface area contributed by atoms with E-state index in [1.165, 1.54) is 12.8 Å². The van der Waals surface area contributed by atoms with Crippen LogP contribution < -0.4 is 10.6 Å². The van der Waals surface area contributed by atoms with Gasteiger partial charge in [0.25, 0.3) is 5.91 Å². The Morgan fingerprint density at radius 2 is 2.20 bits per heavy atom. The van der Waals surface area contributed by atoms with E-state index in [-0.39, 0.29) is 30.7 Å². The number of hydrogen-bond acceptors (Lipinski definition) is 4. The zero-order chi connectivity index (χ0) is 16.1. The molecular weight excluding hydrogens is 377 g/mol. The minimum absolute atomic E-state index is 0. The highest BCUT2D eigenvalue weighted by atomic mass is 35.5. The largest absolute Gasteiger partial charge is 0.352 e. The average Bonchev–Trinajstić information content (AvgIpc) is 3.10. The van der Waals surface area contributed by atoms with Gasteiger partial charge >= 0.3 is 0 Å². The van der Waals surface area contributed by atoms with Crippen molar-refractivity contribution < 1.29 is 4.79 Å². The highest BCUT2D eigenvalue weighted by Gasteiger charge is 2.15. The van der Waals surface area contributed by atoms with Crippen molar-refractivity contribution >= 4 is 42.1 Å². The van der Waals surface area contributed by atoms with E-state index < -0.39 is 0 Å². The summed E-state index contributed by atoms with van der Waals surface area (Å²) in [5, 5.41) is 10.6. The lowest BCUT2D eigenvalue weighted by Crippen LogP contribution is -2.33. The van der Waals surface area contributed by atoms with Gasteiger partial charge in [-0.15, -0.1) is 24.8 Å². The molecule has 138 valence electrons. The number of amides is 1. The minimum Gasteiger partial charge on any atom is -0.352 e. The number of nitrogens with zero attached hydrogens (tertiary/aromatic N) is 1. The van der Waals surface area contributed by atoms with Gasteiger partial charge in [0.2, 0.25) is 0 Å². The van der Waals surface area contributed by atoms with Crippen molar-refractivity contribution in [2.45, 2.75) is 26.2 Å². The van der Waals surface area contributed by atoms with Crippen LogP contribution in [0.15, 0.2) is 29.0 Å². The molecule has 1 aliphatic heterocycles. The van der Waals surface area contributed by atoms with Gasteiger partial charge in [-0.3, -0.25) is 9.78 Å².